The lowest BCUT2D eigenvalue weighted by atomic mass is 9.92. The van der Waals surface area contributed by atoms with E-state index in [4.69, 9.17) is 4.74 Å². The van der Waals surface area contributed by atoms with E-state index in [2.05, 4.69) is 5.32 Å². The minimum atomic E-state index is -0.534. The zero-order chi connectivity index (χ0) is 19.6. The van der Waals surface area contributed by atoms with Crippen LogP contribution in [-0.2, 0) is 17.8 Å². The molecule has 1 atom stereocenters. The zero-order valence-electron chi connectivity index (χ0n) is 16.3. The molecule has 1 heterocycles. The summed E-state index contributed by atoms with van der Waals surface area (Å²) in [6.45, 7) is 6.25. The number of carbonyl (C=O) groups is 2. The monoisotopic (exact) mass is 366 g/mol. The molecule has 5 heteroatoms. The predicted octanol–water partition coefficient (Wildman–Crippen LogP) is 3.18. The van der Waals surface area contributed by atoms with Gasteiger partial charge in [-0.2, -0.15) is 0 Å². The first-order valence-electron chi connectivity index (χ1n) is 9.12. The Bertz CT molecular complexity index is 837. The van der Waals surface area contributed by atoms with E-state index in [1.165, 1.54) is 0 Å². The smallest absolute Gasteiger partial charge is 0.254 e. The molecule has 1 N–H and O–H groups in total. The highest BCUT2D eigenvalue weighted by atomic mass is 16.5. The fourth-order valence-corrected chi connectivity index (χ4v) is 3.32. The topological polar surface area (TPSA) is 58.6 Å². The highest BCUT2D eigenvalue weighted by molar-refractivity contribution is 5.98. The molecule has 2 aromatic rings. The minimum absolute atomic E-state index is 0.126. The van der Waals surface area contributed by atoms with Crippen molar-refractivity contribution in [2.75, 3.05) is 7.11 Å². The SMILES string of the molecule is COc1ccc(C(=O)N2Cc3ccccc3CC2C(=O)NC(C)(C)C)cc1. The van der Waals surface area contributed by atoms with E-state index in [1.54, 1.807) is 36.3 Å². The molecule has 0 saturated heterocycles. The number of methoxy groups -OCH3 is 1. The molecule has 0 aromatic heterocycles. The van der Waals surface area contributed by atoms with E-state index < -0.39 is 6.04 Å². The Morgan fingerprint density at radius 1 is 1.04 bits per heavy atom. The molecule has 1 aliphatic heterocycles. The fourth-order valence-electron chi connectivity index (χ4n) is 3.32. The van der Waals surface area contributed by atoms with Gasteiger partial charge in [0.05, 0.1) is 7.11 Å². The van der Waals surface area contributed by atoms with Crippen LogP contribution in [-0.4, -0.2) is 35.4 Å². The van der Waals surface area contributed by atoms with E-state index in [0.717, 1.165) is 11.1 Å². The summed E-state index contributed by atoms with van der Waals surface area (Å²) in [5.41, 5.74) is 2.39. The number of nitrogens with one attached hydrogen (secondary N) is 1. The van der Waals surface area contributed by atoms with Crippen molar-refractivity contribution in [3.05, 3.63) is 65.2 Å². The van der Waals surface area contributed by atoms with Crippen molar-refractivity contribution in [3.63, 3.8) is 0 Å². The number of carbonyl (C=O) groups excluding carboxylic acids is 2. The van der Waals surface area contributed by atoms with Gasteiger partial charge in [-0.3, -0.25) is 9.59 Å². The molecular weight excluding hydrogens is 340 g/mol. The summed E-state index contributed by atoms with van der Waals surface area (Å²) in [5, 5.41) is 3.02. The Morgan fingerprint density at radius 2 is 1.67 bits per heavy atom. The van der Waals surface area contributed by atoms with E-state index in [9.17, 15) is 9.59 Å². The molecule has 0 aliphatic carbocycles. The van der Waals surface area contributed by atoms with E-state index in [0.29, 0.717) is 24.3 Å². The Hall–Kier alpha value is -2.82. The summed E-state index contributed by atoms with van der Waals surface area (Å²) in [4.78, 5) is 27.8. The van der Waals surface area contributed by atoms with Crippen LogP contribution in [0.25, 0.3) is 0 Å². The second-order valence-corrected chi connectivity index (χ2v) is 7.89. The summed E-state index contributed by atoms with van der Waals surface area (Å²) in [5.74, 6) is 0.414. The van der Waals surface area contributed by atoms with Gasteiger partial charge < -0.3 is 15.0 Å². The second kappa shape index (κ2) is 7.43. The van der Waals surface area contributed by atoms with Gasteiger partial charge in [-0.25, -0.2) is 0 Å². The first-order valence-corrected chi connectivity index (χ1v) is 9.12. The number of ether oxygens (including phenoxy) is 1. The molecule has 0 fully saturated rings. The van der Waals surface area contributed by atoms with Crippen LogP contribution in [0.5, 0.6) is 5.75 Å². The van der Waals surface area contributed by atoms with Crippen LogP contribution in [0.2, 0.25) is 0 Å². The molecule has 2 aromatic carbocycles. The van der Waals surface area contributed by atoms with Gasteiger partial charge in [0.1, 0.15) is 11.8 Å². The number of nitrogens with zero attached hydrogens (tertiary/aromatic N) is 1. The molecule has 5 nitrogen and oxygen atoms in total. The molecule has 0 saturated carbocycles. The summed E-state index contributed by atoms with van der Waals surface area (Å²) in [6.07, 6.45) is 0.514. The third kappa shape index (κ3) is 4.30. The van der Waals surface area contributed by atoms with Gasteiger partial charge in [0, 0.05) is 24.1 Å². The Balaban J connectivity index is 1.92. The maximum Gasteiger partial charge on any atom is 0.254 e. The third-order valence-corrected chi connectivity index (χ3v) is 4.65. The number of fused-ring (bicyclic) bond motifs is 1. The summed E-state index contributed by atoms with van der Waals surface area (Å²) >= 11 is 0. The number of hydrogen-bond acceptors (Lipinski definition) is 3. The highest BCUT2D eigenvalue weighted by Crippen LogP contribution is 2.26. The van der Waals surface area contributed by atoms with E-state index in [-0.39, 0.29) is 17.4 Å². The predicted molar refractivity (Wildman–Crippen MR) is 105 cm³/mol. The van der Waals surface area contributed by atoms with Crippen molar-refractivity contribution in [1.29, 1.82) is 0 Å². The van der Waals surface area contributed by atoms with Gasteiger partial charge >= 0.3 is 0 Å². The summed E-state index contributed by atoms with van der Waals surface area (Å²) in [7, 11) is 1.59. The zero-order valence-corrected chi connectivity index (χ0v) is 16.3. The summed E-state index contributed by atoms with van der Waals surface area (Å²) in [6, 6.07) is 14.4. The summed E-state index contributed by atoms with van der Waals surface area (Å²) < 4.78 is 5.17. The van der Waals surface area contributed by atoms with Gasteiger partial charge in [0.25, 0.3) is 5.91 Å². The van der Waals surface area contributed by atoms with Gasteiger partial charge in [-0.1, -0.05) is 24.3 Å². The second-order valence-electron chi connectivity index (χ2n) is 7.89. The molecule has 1 unspecified atom stereocenters. The highest BCUT2D eigenvalue weighted by Gasteiger charge is 2.36. The van der Waals surface area contributed by atoms with Gasteiger partial charge in [0.15, 0.2) is 0 Å². The average Bonchev–Trinajstić information content (AvgIpc) is 2.65. The van der Waals surface area contributed by atoms with Crippen LogP contribution in [0.3, 0.4) is 0 Å². The molecule has 142 valence electrons. The van der Waals surface area contributed by atoms with Crippen LogP contribution in [0.4, 0.5) is 0 Å². The van der Waals surface area contributed by atoms with Crippen LogP contribution >= 0.6 is 0 Å². The molecule has 0 bridgehead atoms. The minimum Gasteiger partial charge on any atom is -0.497 e. The Morgan fingerprint density at radius 3 is 2.26 bits per heavy atom. The van der Waals surface area contributed by atoms with Crippen molar-refractivity contribution in [3.8, 4) is 5.75 Å². The van der Waals surface area contributed by atoms with Crippen molar-refractivity contribution >= 4 is 11.8 Å². The van der Waals surface area contributed by atoms with Gasteiger partial charge in [-0.05, 0) is 56.2 Å². The first kappa shape index (κ1) is 19.0. The lowest BCUT2D eigenvalue weighted by Crippen LogP contribution is -2.56. The molecule has 2 amide bonds. The largest absolute Gasteiger partial charge is 0.497 e. The van der Waals surface area contributed by atoms with Crippen molar-refractivity contribution in [2.45, 2.75) is 45.3 Å². The van der Waals surface area contributed by atoms with Crippen LogP contribution in [0.15, 0.2) is 48.5 Å². The quantitative estimate of drug-likeness (QED) is 0.908. The molecular formula is C22H26N2O3. The lowest BCUT2D eigenvalue weighted by molar-refractivity contribution is -0.127. The molecule has 0 radical (unpaired) electrons. The average molecular weight is 366 g/mol. The van der Waals surface area contributed by atoms with E-state index in [1.807, 2.05) is 45.0 Å². The van der Waals surface area contributed by atoms with Crippen LogP contribution in [0, 0.1) is 0 Å². The molecule has 3 rings (SSSR count). The van der Waals surface area contributed by atoms with E-state index >= 15 is 0 Å². The standard InChI is InChI=1S/C22H26N2O3/c1-22(2,3)23-20(25)19-13-16-7-5-6-8-17(16)14-24(19)21(26)15-9-11-18(27-4)12-10-15/h5-12,19H,13-14H2,1-4H3,(H,23,25). The molecule has 27 heavy (non-hydrogen) atoms. The van der Waals surface area contributed by atoms with Crippen LogP contribution in [0.1, 0.15) is 42.3 Å². The van der Waals surface area contributed by atoms with Crippen LogP contribution < -0.4 is 10.1 Å². The molecule has 0 spiro atoms. The van der Waals surface area contributed by atoms with Crippen molar-refractivity contribution < 1.29 is 14.3 Å². The number of hydrogen-bond donors (Lipinski definition) is 1. The van der Waals surface area contributed by atoms with Crippen molar-refractivity contribution in [2.24, 2.45) is 0 Å². The number of rotatable bonds is 3. The lowest BCUT2D eigenvalue weighted by Gasteiger charge is -2.37. The number of amides is 2. The normalized spacial score (nSPS) is 16.4. The third-order valence-electron chi connectivity index (χ3n) is 4.65. The maximum absolute atomic E-state index is 13.2. The maximum atomic E-state index is 13.2. The van der Waals surface area contributed by atoms with Gasteiger partial charge in [0.2, 0.25) is 5.91 Å². The van der Waals surface area contributed by atoms with Crippen molar-refractivity contribution in [1.82, 2.24) is 10.2 Å². The number of benzene rings is 2. The molecule has 1 aliphatic rings. The van der Waals surface area contributed by atoms with Gasteiger partial charge in [-0.15, -0.1) is 0 Å². The first-order chi connectivity index (χ1) is 12.8. The fraction of sp³-hybridized carbons (Fsp3) is 0.364. The Labute approximate surface area is 160 Å². The Kier molecular flexibility index (Phi) is 5.22.